The first-order valence-corrected chi connectivity index (χ1v) is 7.60. The summed E-state index contributed by atoms with van der Waals surface area (Å²) in [6, 6.07) is 0. The van der Waals surface area contributed by atoms with Gasteiger partial charge in [0.15, 0.2) is 0 Å². The fraction of sp³-hybridized carbons (Fsp3) is 0.750. The first-order chi connectivity index (χ1) is 9.93. The largest absolute Gasteiger partial charge is 0.469 e. The number of ketones is 1. The van der Waals surface area contributed by atoms with E-state index in [1.165, 1.54) is 7.11 Å². The van der Waals surface area contributed by atoms with Crippen molar-refractivity contribution in [1.29, 1.82) is 0 Å². The maximum absolute atomic E-state index is 12.5. The van der Waals surface area contributed by atoms with E-state index in [9.17, 15) is 9.59 Å². The summed E-state index contributed by atoms with van der Waals surface area (Å²) in [5.41, 5.74) is 0. The van der Waals surface area contributed by atoms with Crippen LogP contribution in [0.1, 0.15) is 46.5 Å². The molecule has 2 aliphatic rings. The van der Waals surface area contributed by atoms with E-state index in [-0.39, 0.29) is 23.8 Å². The number of methoxy groups -OCH3 is 1. The third kappa shape index (κ3) is 2.98. The lowest BCUT2D eigenvalue weighted by Crippen LogP contribution is -2.56. The maximum atomic E-state index is 12.5. The van der Waals surface area contributed by atoms with Crippen molar-refractivity contribution in [3.8, 4) is 0 Å². The minimum Gasteiger partial charge on any atom is -0.469 e. The molecule has 1 spiro atoms. The Labute approximate surface area is 125 Å². The molecule has 4 atom stereocenters. The molecule has 0 aromatic rings. The molecule has 0 amide bonds. The number of esters is 1. The molecule has 118 valence electrons. The molecule has 1 fully saturated rings. The molecule has 5 heteroatoms. The van der Waals surface area contributed by atoms with Crippen LogP contribution in [0.3, 0.4) is 0 Å². The van der Waals surface area contributed by atoms with Crippen molar-refractivity contribution in [2.75, 3.05) is 7.11 Å². The molecule has 2 heterocycles. The molecule has 0 saturated carbocycles. The van der Waals surface area contributed by atoms with Crippen molar-refractivity contribution in [3.05, 3.63) is 11.8 Å². The molecule has 21 heavy (non-hydrogen) atoms. The fourth-order valence-electron chi connectivity index (χ4n) is 3.10. The first-order valence-electron chi connectivity index (χ1n) is 7.60. The topological polar surface area (TPSA) is 61.8 Å². The highest BCUT2D eigenvalue weighted by atomic mass is 16.7. The predicted molar refractivity (Wildman–Crippen MR) is 76.3 cm³/mol. The van der Waals surface area contributed by atoms with Crippen LogP contribution in [-0.2, 0) is 23.8 Å². The highest BCUT2D eigenvalue weighted by Crippen LogP contribution is 2.40. The Morgan fingerprint density at radius 1 is 1.57 bits per heavy atom. The molecular formula is C16H24O5. The van der Waals surface area contributed by atoms with Crippen LogP contribution in [-0.4, -0.2) is 30.8 Å². The van der Waals surface area contributed by atoms with Crippen molar-refractivity contribution in [3.63, 3.8) is 0 Å². The number of ether oxygens (including phenoxy) is 3. The van der Waals surface area contributed by atoms with E-state index in [2.05, 4.69) is 0 Å². The molecule has 0 bridgehead atoms. The predicted octanol–water partition coefficient (Wildman–Crippen LogP) is 2.59. The van der Waals surface area contributed by atoms with Gasteiger partial charge >= 0.3 is 5.97 Å². The number of allylic oxidation sites excluding steroid dienone is 2. The summed E-state index contributed by atoms with van der Waals surface area (Å²) in [7, 11) is 1.36. The zero-order valence-electron chi connectivity index (χ0n) is 13.2. The van der Waals surface area contributed by atoms with Gasteiger partial charge in [-0.25, -0.2) is 0 Å². The van der Waals surface area contributed by atoms with E-state index < -0.39 is 11.7 Å². The van der Waals surface area contributed by atoms with Crippen LogP contribution in [0.15, 0.2) is 11.8 Å². The van der Waals surface area contributed by atoms with Gasteiger partial charge in [-0.2, -0.15) is 0 Å². The molecule has 0 unspecified atom stereocenters. The summed E-state index contributed by atoms with van der Waals surface area (Å²) in [6.07, 6.45) is 3.98. The van der Waals surface area contributed by atoms with Crippen LogP contribution in [0.2, 0.25) is 0 Å². The normalized spacial score (nSPS) is 34.1. The Morgan fingerprint density at radius 2 is 2.29 bits per heavy atom. The highest BCUT2D eigenvalue weighted by Gasteiger charge is 2.52. The molecular weight excluding hydrogens is 272 g/mol. The van der Waals surface area contributed by atoms with Crippen LogP contribution in [0.25, 0.3) is 0 Å². The van der Waals surface area contributed by atoms with Crippen LogP contribution in [0.4, 0.5) is 0 Å². The summed E-state index contributed by atoms with van der Waals surface area (Å²) in [4.78, 5) is 24.2. The average molecular weight is 296 g/mol. The Balaban J connectivity index is 2.22. The molecule has 0 N–H and O–H groups in total. The maximum Gasteiger partial charge on any atom is 0.311 e. The van der Waals surface area contributed by atoms with Gasteiger partial charge in [0.25, 0.3) is 5.79 Å². The second-order valence-corrected chi connectivity index (χ2v) is 5.92. The van der Waals surface area contributed by atoms with Crippen LogP contribution in [0, 0.1) is 11.8 Å². The Bertz CT molecular complexity index is 456. The zero-order chi connectivity index (χ0) is 15.6. The molecule has 0 radical (unpaired) electrons. The lowest BCUT2D eigenvalue weighted by molar-refractivity contribution is -0.267. The minimum absolute atomic E-state index is 0.0256. The molecule has 0 aromatic carbocycles. The Kier molecular flexibility index (Phi) is 4.71. The lowest BCUT2D eigenvalue weighted by Gasteiger charge is -2.45. The molecule has 0 aliphatic carbocycles. The van der Waals surface area contributed by atoms with Crippen molar-refractivity contribution in [2.24, 2.45) is 11.8 Å². The van der Waals surface area contributed by atoms with Crippen molar-refractivity contribution in [2.45, 2.75) is 58.3 Å². The van der Waals surface area contributed by atoms with E-state index in [1.807, 2.05) is 19.9 Å². The second kappa shape index (κ2) is 6.18. The van der Waals surface area contributed by atoms with Crippen LogP contribution < -0.4 is 0 Å². The SMILES string of the molecule is CCC1=CCC[C@@]2(O1)O[C@H]([C@@H](C)C(=O)OC)[C@@H](C)CC2=O. The molecule has 2 aliphatic heterocycles. The van der Waals surface area contributed by atoms with Gasteiger partial charge in [0.05, 0.1) is 24.9 Å². The number of carbonyl (C=O) groups excluding carboxylic acids is 2. The fourth-order valence-corrected chi connectivity index (χ4v) is 3.10. The molecule has 0 aromatic heterocycles. The van der Waals surface area contributed by atoms with Gasteiger partial charge in [0, 0.05) is 19.3 Å². The van der Waals surface area contributed by atoms with Crippen LogP contribution in [0.5, 0.6) is 0 Å². The van der Waals surface area contributed by atoms with Gasteiger partial charge in [-0.3, -0.25) is 9.59 Å². The standard InChI is InChI=1S/C16H24O5/c1-5-12-7-6-8-16(20-12)13(17)9-10(2)14(21-16)11(3)15(18)19-4/h7,10-11,14H,5-6,8-9H2,1-4H3/t10-,11+,14-,16+/m0/s1. The molecule has 1 saturated heterocycles. The van der Waals surface area contributed by atoms with E-state index >= 15 is 0 Å². The zero-order valence-corrected chi connectivity index (χ0v) is 13.2. The van der Waals surface area contributed by atoms with Crippen molar-refractivity contribution >= 4 is 11.8 Å². The van der Waals surface area contributed by atoms with Gasteiger partial charge in [-0.05, 0) is 25.3 Å². The van der Waals surface area contributed by atoms with Gasteiger partial charge in [0.2, 0.25) is 5.78 Å². The third-order valence-corrected chi connectivity index (χ3v) is 4.38. The van der Waals surface area contributed by atoms with Gasteiger partial charge in [0.1, 0.15) is 0 Å². The number of Topliss-reactive ketones (excluding diaryl/α,β-unsaturated/α-hetero) is 1. The Morgan fingerprint density at radius 3 is 2.90 bits per heavy atom. The lowest BCUT2D eigenvalue weighted by atomic mass is 9.83. The van der Waals surface area contributed by atoms with Crippen molar-refractivity contribution in [1.82, 2.24) is 0 Å². The first kappa shape index (κ1) is 16.0. The average Bonchev–Trinajstić information content (AvgIpc) is 2.50. The summed E-state index contributed by atoms with van der Waals surface area (Å²) >= 11 is 0. The van der Waals surface area contributed by atoms with Gasteiger partial charge < -0.3 is 14.2 Å². The number of rotatable bonds is 3. The van der Waals surface area contributed by atoms with E-state index in [1.54, 1.807) is 6.92 Å². The summed E-state index contributed by atoms with van der Waals surface area (Å²) in [5.74, 6) is -1.22. The van der Waals surface area contributed by atoms with E-state index in [0.717, 1.165) is 18.6 Å². The summed E-state index contributed by atoms with van der Waals surface area (Å²) in [6.45, 7) is 5.68. The van der Waals surface area contributed by atoms with Gasteiger partial charge in [-0.15, -0.1) is 0 Å². The second-order valence-electron chi connectivity index (χ2n) is 5.92. The van der Waals surface area contributed by atoms with Crippen LogP contribution >= 0.6 is 0 Å². The van der Waals surface area contributed by atoms with Gasteiger partial charge in [-0.1, -0.05) is 13.8 Å². The highest BCUT2D eigenvalue weighted by molar-refractivity contribution is 5.87. The quantitative estimate of drug-likeness (QED) is 0.749. The van der Waals surface area contributed by atoms with E-state index in [0.29, 0.717) is 12.8 Å². The third-order valence-electron chi connectivity index (χ3n) is 4.38. The van der Waals surface area contributed by atoms with Crippen molar-refractivity contribution < 1.29 is 23.8 Å². The molecule has 2 rings (SSSR count). The Hall–Kier alpha value is -1.36. The smallest absolute Gasteiger partial charge is 0.311 e. The number of carbonyl (C=O) groups is 2. The van der Waals surface area contributed by atoms with E-state index in [4.69, 9.17) is 14.2 Å². The summed E-state index contributed by atoms with van der Waals surface area (Å²) in [5, 5.41) is 0. The minimum atomic E-state index is -1.21. The molecule has 5 nitrogen and oxygen atoms in total. The monoisotopic (exact) mass is 296 g/mol. The summed E-state index contributed by atoms with van der Waals surface area (Å²) < 4.78 is 16.7. The number of hydrogen-bond acceptors (Lipinski definition) is 5. The number of hydrogen-bond donors (Lipinski definition) is 0.